The van der Waals surface area contributed by atoms with Crippen LogP contribution >= 0.6 is 0 Å². The number of methoxy groups -OCH3 is 1. The number of hydrogen-bond acceptors (Lipinski definition) is 5. The molecule has 0 amide bonds. The average molecular weight is 286 g/mol. The monoisotopic (exact) mass is 286 g/mol. The molecule has 1 aromatic carbocycles. The van der Waals surface area contributed by atoms with Crippen LogP contribution in [0.25, 0.3) is 0 Å². The molecule has 21 heavy (non-hydrogen) atoms. The van der Waals surface area contributed by atoms with E-state index < -0.39 is 0 Å². The van der Waals surface area contributed by atoms with E-state index in [1.165, 1.54) is 12.7 Å². The van der Waals surface area contributed by atoms with Crippen molar-refractivity contribution in [2.75, 3.05) is 12.8 Å². The Morgan fingerprint density at radius 3 is 2.76 bits per heavy atom. The van der Waals surface area contributed by atoms with E-state index in [1.807, 2.05) is 16.8 Å². The number of rotatable bonds is 2. The Morgan fingerprint density at radius 1 is 1.38 bits per heavy atom. The summed E-state index contributed by atoms with van der Waals surface area (Å²) in [4.78, 5) is 15.7. The molecule has 2 unspecified atom stereocenters. The van der Waals surface area contributed by atoms with Crippen LogP contribution in [-0.4, -0.2) is 27.8 Å². The number of esters is 1. The molecule has 6 heteroatoms. The van der Waals surface area contributed by atoms with Gasteiger partial charge in [0.2, 0.25) is 5.95 Å². The van der Waals surface area contributed by atoms with E-state index in [0.29, 0.717) is 17.4 Å². The summed E-state index contributed by atoms with van der Waals surface area (Å²) in [6.45, 7) is 2.12. The summed E-state index contributed by atoms with van der Waals surface area (Å²) in [7, 11) is 1.39. The SMILES string of the molecule is COC(=O)c1ccc(C2CCc3nc(N)nn3C2C)cc1. The van der Waals surface area contributed by atoms with Crippen LogP contribution in [0.5, 0.6) is 0 Å². The summed E-state index contributed by atoms with van der Waals surface area (Å²) in [5.41, 5.74) is 7.43. The fourth-order valence-corrected chi connectivity index (χ4v) is 3.00. The lowest BCUT2D eigenvalue weighted by molar-refractivity contribution is 0.0600. The largest absolute Gasteiger partial charge is 0.465 e. The van der Waals surface area contributed by atoms with Crippen molar-refractivity contribution < 1.29 is 9.53 Å². The second kappa shape index (κ2) is 5.20. The van der Waals surface area contributed by atoms with Gasteiger partial charge in [-0.1, -0.05) is 12.1 Å². The molecule has 0 aliphatic carbocycles. The number of ether oxygens (including phenoxy) is 1. The molecule has 0 bridgehead atoms. The van der Waals surface area contributed by atoms with Crippen molar-refractivity contribution in [3.8, 4) is 0 Å². The molecule has 2 heterocycles. The third-order valence-electron chi connectivity index (χ3n) is 4.13. The van der Waals surface area contributed by atoms with Crippen molar-refractivity contribution in [3.63, 3.8) is 0 Å². The summed E-state index contributed by atoms with van der Waals surface area (Å²) >= 11 is 0. The Kier molecular flexibility index (Phi) is 3.37. The molecule has 0 saturated heterocycles. The van der Waals surface area contributed by atoms with Gasteiger partial charge in [-0.05, 0) is 31.0 Å². The normalized spacial score (nSPS) is 20.9. The first kappa shape index (κ1) is 13.6. The van der Waals surface area contributed by atoms with Crippen molar-refractivity contribution in [1.29, 1.82) is 0 Å². The van der Waals surface area contributed by atoms with E-state index >= 15 is 0 Å². The van der Waals surface area contributed by atoms with Crippen molar-refractivity contribution in [3.05, 3.63) is 41.2 Å². The Labute approximate surface area is 122 Å². The van der Waals surface area contributed by atoms with Gasteiger partial charge in [0.05, 0.1) is 18.7 Å². The number of aryl methyl sites for hydroxylation is 1. The number of hydrogen-bond donors (Lipinski definition) is 1. The van der Waals surface area contributed by atoms with Gasteiger partial charge in [0.25, 0.3) is 0 Å². The second-order valence-corrected chi connectivity index (χ2v) is 5.33. The van der Waals surface area contributed by atoms with Crippen LogP contribution in [0.4, 0.5) is 5.95 Å². The van der Waals surface area contributed by atoms with Gasteiger partial charge in [-0.25, -0.2) is 9.48 Å². The van der Waals surface area contributed by atoms with Gasteiger partial charge in [0, 0.05) is 12.3 Å². The fourth-order valence-electron chi connectivity index (χ4n) is 3.00. The van der Waals surface area contributed by atoms with Crippen LogP contribution < -0.4 is 5.73 Å². The highest BCUT2D eigenvalue weighted by Crippen LogP contribution is 2.37. The molecule has 2 atom stereocenters. The number of fused-ring (bicyclic) bond motifs is 1. The Balaban J connectivity index is 1.86. The average Bonchev–Trinajstić information content (AvgIpc) is 2.89. The zero-order valence-electron chi connectivity index (χ0n) is 12.1. The lowest BCUT2D eigenvalue weighted by atomic mass is 9.85. The summed E-state index contributed by atoms with van der Waals surface area (Å²) in [5.74, 6) is 1.30. The quantitative estimate of drug-likeness (QED) is 0.853. The molecule has 0 radical (unpaired) electrons. The third kappa shape index (κ3) is 2.37. The third-order valence-corrected chi connectivity index (χ3v) is 4.13. The first-order valence-electron chi connectivity index (χ1n) is 6.99. The van der Waals surface area contributed by atoms with E-state index in [1.54, 1.807) is 12.1 Å². The number of anilines is 1. The minimum absolute atomic E-state index is 0.197. The fraction of sp³-hybridized carbons (Fsp3) is 0.400. The van der Waals surface area contributed by atoms with Gasteiger partial charge in [-0.15, -0.1) is 5.10 Å². The molecule has 1 aliphatic rings. The van der Waals surface area contributed by atoms with Crippen molar-refractivity contribution >= 4 is 11.9 Å². The first-order valence-corrected chi connectivity index (χ1v) is 6.99. The van der Waals surface area contributed by atoms with Crippen LogP contribution in [0.3, 0.4) is 0 Å². The van der Waals surface area contributed by atoms with Crippen LogP contribution in [0.1, 0.15) is 47.1 Å². The maximum Gasteiger partial charge on any atom is 0.337 e. The maximum absolute atomic E-state index is 11.5. The number of carbonyl (C=O) groups excluding carboxylic acids is 1. The molecule has 2 aromatic rings. The molecule has 3 rings (SSSR count). The molecule has 1 aromatic heterocycles. The number of nitrogens with zero attached hydrogens (tertiary/aromatic N) is 3. The number of nitrogens with two attached hydrogens (primary N) is 1. The van der Waals surface area contributed by atoms with Gasteiger partial charge in [-0.3, -0.25) is 0 Å². The number of carbonyl (C=O) groups is 1. The zero-order chi connectivity index (χ0) is 15.0. The van der Waals surface area contributed by atoms with E-state index in [4.69, 9.17) is 10.5 Å². The van der Waals surface area contributed by atoms with Gasteiger partial charge in [-0.2, -0.15) is 4.98 Å². The highest BCUT2D eigenvalue weighted by molar-refractivity contribution is 5.89. The standard InChI is InChI=1S/C15H18N4O2/c1-9-12(7-8-13-17-15(16)18-19(9)13)10-3-5-11(6-4-10)14(20)21-2/h3-6,9,12H,7-8H2,1-2H3,(H2,16,18). The Hall–Kier alpha value is -2.37. The molecule has 0 spiro atoms. The molecular weight excluding hydrogens is 268 g/mol. The summed E-state index contributed by atoms with van der Waals surface area (Å²) in [5, 5.41) is 4.28. The molecule has 2 N–H and O–H groups in total. The molecular formula is C15H18N4O2. The van der Waals surface area contributed by atoms with Crippen molar-refractivity contribution in [2.24, 2.45) is 0 Å². The van der Waals surface area contributed by atoms with Crippen LogP contribution in [0, 0.1) is 0 Å². The summed E-state index contributed by atoms with van der Waals surface area (Å²) in [6.07, 6.45) is 1.86. The molecule has 110 valence electrons. The van der Waals surface area contributed by atoms with E-state index in [9.17, 15) is 4.79 Å². The zero-order valence-corrected chi connectivity index (χ0v) is 12.1. The predicted octanol–water partition coefficient (Wildman–Crippen LogP) is 1.94. The Morgan fingerprint density at radius 2 is 2.10 bits per heavy atom. The van der Waals surface area contributed by atoms with Gasteiger partial charge >= 0.3 is 5.97 Å². The van der Waals surface area contributed by atoms with Crippen molar-refractivity contribution in [2.45, 2.75) is 31.7 Å². The van der Waals surface area contributed by atoms with Crippen LogP contribution in [0.15, 0.2) is 24.3 Å². The lowest BCUT2D eigenvalue weighted by Crippen LogP contribution is -2.24. The molecule has 6 nitrogen and oxygen atoms in total. The Bertz CT molecular complexity index is 663. The summed E-state index contributed by atoms with van der Waals surface area (Å²) < 4.78 is 6.63. The van der Waals surface area contributed by atoms with Gasteiger partial charge < -0.3 is 10.5 Å². The van der Waals surface area contributed by atoms with E-state index in [-0.39, 0.29) is 12.0 Å². The minimum Gasteiger partial charge on any atom is -0.465 e. The topological polar surface area (TPSA) is 83.0 Å². The van der Waals surface area contributed by atoms with Crippen LogP contribution in [-0.2, 0) is 11.2 Å². The second-order valence-electron chi connectivity index (χ2n) is 5.33. The van der Waals surface area contributed by atoms with E-state index in [2.05, 4.69) is 17.0 Å². The first-order chi connectivity index (χ1) is 10.1. The van der Waals surface area contributed by atoms with Crippen molar-refractivity contribution in [1.82, 2.24) is 14.8 Å². The number of benzene rings is 1. The van der Waals surface area contributed by atoms with Crippen LogP contribution in [0.2, 0.25) is 0 Å². The summed E-state index contributed by atoms with van der Waals surface area (Å²) in [6, 6.07) is 7.78. The van der Waals surface area contributed by atoms with Gasteiger partial charge in [0.15, 0.2) is 0 Å². The highest BCUT2D eigenvalue weighted by atomic mass is 16.5. The van der Waals surface area contributed by atoms with E-state index in [0.717, 1.165) is 18.7 Å². The number of aromatic nitrogens is 3. The lowest BCUT2D eigenvalue weighted by Gasteiger charge is -2.29. The maximum atomic E-state index is 11.5. The molecule has 0 saturated carbocycles. The minimum atomic E-state index is -0.315. The number of nitrogen functional groups attached to an aromatic ring is 1. The predicted molar refractivity (Wildman–Crippen MR) is 78.0 cm³/mol. The van der Waals surface area contributed by atoms with Gasteiger partial charge in [0.1, 0.15) is 5.82 Å². The molecule has 1 aliphatic heterocycles. The smallest absolute Gasteiger partial charge is 0.337 e. The molecule has 0 fully saturated rings. The highest BCUT2D eigenvalue weighted by Gasteiger charge is 2.29.